The summed E-state index contributed by atoms with van der Waals surface area (Å²) in [5, 5.41) is 43.8. The molecule has 0 heterocycles. The average Bonchev–Trinajstić information content (AvgIpc) is 2.77. The minimum absolute atomic E-state index is 0.0695. The van der Waals surface area contributed by atoms with E-state index in [2.05, 4.69) is 15.5 Å². The summed E-state index contributed by atoms with van der Waals surface area (Å²) in [5.41, 5.74) is -1.69. The van der Waals surface area contributed by atoms with E-state index in [1.165, 1.54) is 24.3 Å². The summed E-state index contributed by atoms with van der Waals surface area (Å²) in [7, 11) is -4.39. The third-order valence-corrected chi connectivity index (χ3v) is 5.12. The molecule has 2 N–H and O–H groups in total. The number of nitro groups is 3. The molecule has 34 heavy (non-hydrogen) atoms. The van der Waals surface area contributed by atoms with Gasteiger partial charge in [0.2, 0.25) is 0 Å². The first kappa shape index (κ1) is 23.8. The van der Waals surface area contributed by atoms with Gasteiger partial charge in [0.25, 0.3) is 27.2 Å². The van der Waals surface area contributed by atoms with Crippen LogP contribution in [-0.2, 0) is 10.1 Å². The van der Waals surface area contributed by atoms with Crippen molar-refractivity contribution < 1.29 is 27.7 Å². The minimum Gasteiger partial charge on any atom is -0.350 e. The minimum atomic E-state index is -4.39. The van der Waals surface area contributed by atoms with Crippen LogP contribution in [-0.4, -0.2) is 27.7 Å². The molecule has 0 atom stereocenters. The highest BCUT2D eigenvalue weighted by atomic mass is 32.2. The molecule has 3 aromatic rings. The molecule has 0 radical (unpaired) electrons. The Morgan fingerprint density at radius 2 is 1.41 bits per heavy atom. The average molecular weight is 488 g/mol. The normalized spacial score (nSPS) is 11.3. The van der Waals surface area contributed by atoms with Crippen molar-refractivity contribution in [2.45, 2.75) is 4.90 Å². The van der Waals surface area contributed by atoms with E-state index in [9.17, 15) is 38.8 Å². The fourth-order valence-corrected chi connectivity index (χ4v) is 3.15. The van der Waals surface area contributed by atoms with Crippen LogP contribution in [0.25, 0.3) is 0 Å². The quantitative estimate of drug-likeness (QED) is 0.190. The molecule has 0 amide bonds. The van der Waals surface area contributed by atoms with Gasteiger partial charge in [0, 0.05) is 17.8 Å². The van der Waals surface area contributed by atoms with E-state index in [1.807, 2.05) is 0 Å². The van der Waals surface area contributed by atoms with E-state index in [1.54, 1.807) is 0 Å². The molecule has 0 aliphatic carbocycles. The maximum Gasteiger partial charge on any atom is 0.299 e. The Hall–Kier alpha value is -4.83. The lowest BCUT2D eigenvalue weighted by molar-refractivity contribution is -0.393. The molecule has 0 aliphatic rings. The van der Waals surface area contributed by atoms with E-state index in [-0.39, 0.29) is 27.6 Å². The summed E-state index contributed by atoms with van der Waals surface area (Å²) < 4.78 is 31.1. The van der Waals surface area contributed by atoms with Crippen LogP contribution in [0.5, 0.6) is 0 Å². The van der Waals surface area contributed by atoms with Crippen molar-refractivity contribution in [1.29, 1.82) is 0 Å². The van der Waals surface area contributed by atoms with Gasteiger partial charge in [0.1, 0.15) is 5.69 Å². The second-order valence-corrected chi connectivity index (χ2v) is 7.89. The molecule has 0 aliphatic heterocycles. The topological polar surface area (TPSA) is 221 Å². The predicted octanol–water partition coefficient (Wildman–Crippen LogP) is 4.82. The summed E-state index contributed by atoms with van der Waals surface area (Å²) in [4.78, 5) is 30.9. The molecule has 0 fully saturated rings. The first-order chi connectivity index (χ1) is 16.0. The number of benzene rings is 3. The fraction of sp³-hybridized carbons (Fsp3) is 0. The molecule has 0 bridgehead atoms. The van der Waals surface area contributed by atoms with E-state index in [0.29, 0.717) is 0 Å². The van der Waals surface area contributed by atoms with Gasteiger partial charge in [-0.05, 0) is 42.5 Å². The van der Waals surface area contributed by atoms with Crippen molar-refractivity contribution in [3.05, 3.63) is 91.0 Å². The van der Waals surface area contributed by atoms with E-state index >= 15 is 0 Å². The second kappa shape index (κ2) is 9.35. The Kier molecular flexibility index (Phi) is 6.55. The van der Waals surface area contributed by atoms with Crippen molar-refractivity contribution in [1.82, 2.24) is 0 Å². The Balaban J connectivity index is 1.91. The largest absolute Gasteiger partial charge is 0.350 e. The molecule has 3 aromatic carbocycles. The summed E-state index contributed by atoms with van der Waals surface area (Å²) in [6.07, 6.45) is 0. The number of hydrogen-bond acceptors (Lipinski definition) is 11. The Labute approximate surface area is 189 Å². The van der Waals surface area contributed by atoms with Gasteiger partial charge in [0.05, 0.1) is 31.4 Å². The van der Waals surface area contributed by atoms with Gasteiger partial charge >= 0.3 is 0 Å². The molecule has 0 saturated heterocycles. The van der Waals surface area contributed by atoms with Crippen LogP contribution < -0.4 is 5.32 Å². The van der Waals surface area contributed by atoms with Crippen LogP contribution >= 0.6 is 0 Å². The molecule has 15 nitrogen and oxygen atoms in total. The van der Waals surface area contributed by atoms with Gasteiger partial charge in [-0.2, -0.15) is 13.5 Å². The molecule has 0 saturated carbocycles. The number of azo groups is 1. The van der Waals surface area contributed by atoms with Crippen LogP contribution in [0.15, 0.2) is 75.8 Å². The SMILES string of the molecule is O=[N+]([O-])c1ccc(Nc2ccc(N=Nc3ccc(S(=O)(=O)O)cc3)c([N+](=O)[O-])c2)c([N+](=O)[O-])c1. The van der Waals surface area contributed by atoms with Crippen LogP contribution in [0, 0.1) is 30.3 Å². The predicted molar refractivity (Wildman–Crippen MR) is 117 cm³/mol. The molecular formula is C18H12N6O9S. The lowest BCUT2D eigenvalue weighted by atomic mass is 10.2. The third-order valence-electron chi connectivity index (χ3n) is 4.25. The summed E-state index contributed by atoms with van der Waals surface area (Å²) in [6.45, 7) is 0. The van der Waals surface area contributed by atoms with Crippen molar-refractivity contribution in [3.63, 3.8) is 0 Å². The van der Waals surface area contributed by atoms with E-state index in [4.69, 9.17) is 4.55 Å². The van der Waals surface area contributed by atoms with Crippen molar-refractivity contribution in [2.75, 3.05) is 5.32 Å². The molecule has 16 heteroatoms. The number of nitrogens with zero attached hydrogens (tertiary/aromatic N) is 5. The van der Waals surface area contributed by atoms with E-state index < -0.39 is 42.0 Å². The zero-order valence-electron chi connectivity index (χ0n) is 16.6. The van der Waals surface area contributed by atoms with Gasteiger partial charge < -0.3 is 5.32 Å². The smallest absolute Gasteiger partial charge is 0.299 e. The molecule has 0 spiro atoms. The van der Waals surface area contributed by atoms with Crippen LogP contribution in [0.4, 0.5) is 39.8 Å². The highest BCUT2D eigenvalue weighted by Crippen LogP contribution is 2.36. The first-order valence-corrected chi connectivity index (χ1v) is 10.4. The lowest BCUT2D eigenvalue weighted by Gasteiger charge is -2.07. The summed E-state index contributed by atoms with van der Waals surface area (Å²) >= 11 is 0. The Bertz CT molecular complexity index is 1440. The van der Waals surface area contributed by atoms with Gasteiger partial charge in [0.15, 0.2) is 5.69 Å². The van der Waals surface area contributed by atoms with Gasteiger partial charge in [-0.15, -0.1) is 5.11 Å². The number of rotatable bonds is 8. The summed E-state index contributed by atoms with van der Waals surface area (Å²) in [6, 6.07) is 11.1. The number of nitro benzene ring substituents is 3. The molecule has 174 valence electrons. The third kappa shape index (κ3) is 5.50. The van der Waals surface area contributed by atoms with Gasteiger partial charge in [-0.25, -0.2) is 0 Å². The van der Waals surface area contributed by atoms with Gasteiger partial charge in [-0.1, -0.05) is 0 Å². The maximum atomic E-state index is 11.5. The van der Waals surface area contributed by atoms with Gasteiger partial charge in [-0.3, -0.25) is 34.9 Å². The van der Waals surface area contributed by atoms with E-state index in [0.717, 1.165) is 36.4 Å². The molecule has 3 rings (SSSR count). The van der Waals surface area contributed by atoms with Crippen LogP contribution in [0.3, 0.4) is 0 Å². The zero-order valence-corrected chi connectivity index (χ0v) is 17.4. The standard InChI is InChI=1S/C18H12N6O9S/c25-22(26)13-4-8-15(18(10-13)24(29)30)19-12-3-7-16(17(9-12)23(27)28)21-20-11-1-5-14(6-2-11)34(31,32)33/h1-10,19H,(H,31,32,33). The second-order valence-electron chi connectivity index (χ2n) is 6.47. The van der Waals surface area contributed by atoms with Crippen molar-refractivity contribution >= 4 is 49.9 Å². The van der Waals surface area contributed by atoms with Crippen molar-refractivity contribution in [3.8, 4) is 0 Å². The summed E-state index contributed by atoms with van der Waals surface area (Å²) in [5.74, 6) is 0. The number of anilines is 2. The Morgan fingerprint density at radius 3 is 1.97 bits per heavy atom. The maximum absolute atomic E-state index is 11.5. The zero-order chi connectivity index (χ0) is 25.0. The monoisotopic (exact) mass is 488 g/mol. The highest BCUT2D eigenvalue weighted by Gasteiger charge is 2.21. The molecule has 0 unspecified atom stereocenters. The fourth-order valence-electron chi connectivity index (χ4n) is 2.67. The number of nitrogens with one attached hydrogen (secondary N) is 1. The number of non-ortho nitro benzene ring substituents is 1. The van der Waals surface area contributed by atoms with Crippen LogP contribution in [0.1, 0.15) is 0 Å². The Morgan fingerprint density at radius 1 is 0.765 bits per heavy atom. The van der Waals surface area contributed by atoms with Crippen molar-refractivity contribution in [2.24, 2.45) is 10.2 Å². The lowest BCUT2D eigenvalue weighted by Crippen LogP contribution is -1.99. The highest BCUT2D eigenvalue weighted by molar-refractivity contribution is 7.85. The first-order valence-electron chi connectivity index (χ1n) is 8.93. The number of hydrogen-bond donors (Lipinski definition) is 2. The molecular weight excluding hydrogens is 476 g/mol. The van der Waals surface area contributed by atoms with Crippen LogP contribution in [0.2, 0.25) is 0 Å². The molecule has 0 aromatic heterocycles.